The van der Waals surface area contributed by atoms with E-state index in [0.717, 1.165) is 64.8 Å². The third kappa shape index (κ3) is 2.90. The van der Waals surface area contributed by atoms with Crippen LogP contribution in [-0.2, 0) is 24.4 Å². The monoisotopic (exact) mass is 379 g/mol. The van der Waals surface area contributed by atoms with Crippen molar-refractivity contribution in [2.24, 2.45) is 0 Å². The van der Waals surface area contributed by atoms with Crippen molar-refractivity contribution < 1.29 is 14.3 Å². The number of amides is 1. The first kappa shape index (κ1) is 16.9. The van der Waals surface area contributed by atoms with Gasteiger partial charge in [0.2, 0.25) is 12.7 Å². The van der Waals surface area contributed by atoms with Gasteiger partial charge in [0.05, 0.1) is 36.5 Å². The molecule has 2 aliphatic rings. The Morgan fingerprint density at radius 3 is 2.82 bits per heavy atom. The molecule has 1 N–H and O–H groups in total. The number of fused-ring (bicyclic) bond motifs is 3. The number of carbonyl (C=O) groups excluding carboxylic acids is 1. The molecule has 0 spiro atoms. The van der Waals surface area contributed by atoms with Crippen LogP contribution in [0.5, 0.6) is 11.5 Å². The van der Waals surface area contributed by atoms with Gasteiger partial charge in [-0.25, -0.2) is 0 Å². The molecule has 0 aliphatic carbocycles. The average Bonchev–Trinajstić information content (AvgIpc) is 3.29. The van der Waals surface area contributed by atoms with Crippen LogP contribution in [-0.4, -0.2) is 34.0 Å². The van der Waals surface area contributed by atoms with Crippen molar-refractivity contribution in [1.82, 2.24) is 20.1 Å². The van der Waals surface area contributed by atoms with E-state index in [0.29, 0.717) is 6.54 Å². The Balaban J connectivity index is 1.49. The van der Waals surface area contributed by atoms with Crippen LogP contribution < -0.4 is 19.7 Å². The normalized spacial score (nSPS) is 15.0. The highest BCUT2D eigenvalue weighted by molar-refractivity contribution is 5.94. The molecule has 0 bridgehead atoms. The van der Waals surface area contributed by atoms with Crippen molar-refractivity contribution >= 4 is 22.5 Å². The molecule has 8 nitrogen and oxygen atoms in total. The summed E-state index contributed by atoms with van der Waals surface area (Å²) < 4.78 is 13.1. The molecule has 0 radical (unpaired) electrons. The van der Waals surface area contributed by atoms with E-state index in [2.05, 4.69) is 32.4 Å². The van der Waals surface area contributed by atoms with Crippen molar-refractivity contribution in [3.05, 3.63) is 41.3 Å². The van der Waals surface area contributed by atoms with Crippen molar-refractivity contribution in [2.45, 2.75) is 33.5 Å². The van der Waals surface area contributed by atoms with Gasteiger partial charge >= 0.3 is 0 Å². The number of hydrogen-bond acceptors (Lipinski definition) is 6. The first-order valence-electron chi connectivity index (χ1n) is 9.33. The maximum Gasteiger partial charge on any atom is 0.231 e. The minimum absolute atomic E-state index is 0.0509. The minimum Gasteiger partial charge on any atom is -0.454 e. The van der Waals surface area contributed by atoms with Gasteiger partial charge in [-0.2, -0.15) is 5.10 Å². The van der Waals surface area contributed by atoms with Crippen LogP contribution in [0.3, 0.4) is 0 Å². The van der Waals surface area contributed by atoms with Crippen molar-refractivity contribution in [2.75, 3.05) is 18.2 Å². The van der Waals surface area contributed by atoms with Crippen molar-refractivity contribution in [3.8, 4) is 11.5 Å². The van der Waals surface area contributed by atoms with Gasteiger partial charge in [-0.1, -0.05) is 0 Å². The van der Waals surface area contributed by atoms with Crippen LogP contribution in [0.1, 0.15) is 24.0 Å². The standard InChI is InChI=1S/C20H21N5O3/c1-12-5-18(16-7-19-20(28-11-27-19)8-17(16)22-12)24-3-4-25-15(10-24)6-14(23-25)9-21-13(2)26/h5-8H,3-4,9-11H2,1-2H3,(H,21,26). The van der Waals surface area contributed by atoms with E-state index in [-0.39, 0.29) is 12.7 Å². The summed E-state index contributed by atoms with van der Waals surface area (Å²) in [6.45, 7) is 6.62. The van der Waals surface area contributed by atoms with Gasteiger partial charge in [0.1, 0.15) is 0 Å². The molecule has 1 aromatic carbocycles. The van der Waals surface area contributed by atoms with Crippen LogP contribution >= 0.6 is 0 Å². The van der Waals surface area contributed by atoms with Crippen LogP contribution in [0.25, 0.3) is 10.9 Å². The minimum atomic E-state index is -0.0509. The first-order chi connectivity index (χ1) is 13.6. The third-order valence-electron chi connectivity index (χ3n) is 5.12. The molecule has 0 atom stereocenters. The highest BCUT2D eigenvalue weighted by Gasteiger charge is 2.23. The van der Waals surface area contributed by atoms with E-state index < -0.39 is 0 Å². The van der Waals surface area contributed by atoms with Crippen LogP contribution in [0.15, 0.2) is 24.3 Å². The summed E-state index contributed by atoms with van der Waals surface area (Å²) in [6.07, 6.45) is 0. The smallest absolute Gasteiger partial charge is 0.231 e. The number of hydrogen-bond donors (Lipinski definition) is 1. The second-order valence-corrected chi connectivity index (χ2v) is 7.19. The molecule has 2 aromatic heterocycles. The Hall–Kier alpha value is -3.29. The fourth-order valence-corrected chi connectivity index (χ4v) is 3.82. The number of aromatic nitrogens is 3. The van der Waals surface area contributed by atoms with Gasteiger partial charge in [0.25, 0.3) is 0 Å². The molecule has 0 fully saturated rings. The molecule has 4 heterocycles. The first-order valence-corrected chi connectivity index (χ1v) is 9.33. The summed E-state index contributed by atoms with van der Waals surface area (Å²) in [5.74, 6) is 1.46. The van der Waals surface area contributed by atoms with Crippen molar-refractivity contribution in [1.29, 1.82) is 0 Å². The molecule has 0 saturated carbocycles. The zero-order chi connectivity index (χ0) is 19.3. The molecule has 0 saturated heterocycles. The van der Waals surface area contributed by atoms with E-state index in [4.69, 9.17) is 9.47 Å². The highest BCUT2D eigenvalue weighted by Crippen LogP contribution is 2.39. The number of anilines is 1. The molecule has 5 rings (SSSR count). The van der Waals surface area contributed by atoms with Crippen LogP contribution in [0.2, 0.25) is 0 Å². The molecule has 1 amide bonds. The van der Waals surface area contributed by atoms with Gasteiger partial charge in [-0.3, -0.25) is 14.5 Å². The summed E-state index contributed by atoms with van der Waals surface area (Å²) in [6, 6.07) is 8.16. The Kier molecular flexibility index (Phi) is 3.85. The van der Waals surface area contributed by atoms with E-state index in [1.54, 1.807) is 0 Å². The summed E-state index contributed by atoms with van der Waals surface area (Å²) in [5.41, 5.74) is 5.02. The fourth-order valence-electron chi connectivity index (χ4n) is 3.82. The number of ether oxygens (including phenoxy) is 2. The summed E-state index contributed by atoms with van der Waals surface area (Å²) in [5, 5.41) is 8.47. The lowest BCUT2D eigenvalue weighted by molar-refractivity contribution is -0.119. The number of nitrogens with one attached hydrogen (secondary N) is 1. The topological polar surface area (TPSA) is 81.5 Å². The Morgan fingerprint density at radius 2 is 2.00 bits per heavy atom. The van der Waals surface area contributed by atoms with Crippen LogP contribution in [0.4, 0.5) is 5.69 Å². The summed E-state index contributed by atoms with van der Waals surface area (Å²) in [7, 11) is 0. The molecule has 2 aliphatic heterocycles. The van der Waals surface area contributed by atoms with E-state index in [1.165, 1.54) is 6.92 Å². The van der Waals surface area contributed by atoms with Crippen molar-refractivity contribution in [3.63, 3.8) is 0 Å². The molecule has 28 heavy (non-hydrogen) atoms. The summed E-state index contributed by atoms with van der Waals surface area (Å²) in [4.78, 5) is 18.2. The molecule has 3 aromatic rings. The van der Waals surface area contributed by atoms with Gasteiger partial charge in [0.15, 0.2) is 11.5 Å². The number of carbonyl (C=O) groups is 1. The molecular weight excluding hydrogens is 358 g/mol. The zero-order valence-electron chi connectivity index (χ0n) is 15.9. The number of rotatable bonds is 3. The van der Waals surface area contributed by atoms with E-state index in [9.17, 15) is 4.79 Å². The third-order valence-corrected chi connectivity index (χ3v) is 5.12. The molecular formula is C20H21N5O3. The predicted molar refractivity (Wildman–Crippen MR) is 103 cm³/mol. The SMILES string of the molecule is CC(=O)NCc1cc2n(n1)CCN(c1cc(C)nc3cc4c(cc13)OCO4)C2. The number of nitrogens with zero attached hydrogens (tertiary/aromatic N) is 4. The maximum atomic E-state index is 11.2. The Morgan fingerprint density at radius 1 is 1.18 bits per heavy atom. The quantitative estimate of drug-likeness (QED) is 0.751. The molecule has 8 heteroatoms. The largest absolute Gasteiger partial charge is 0.454 e. The average molecular weight is 379 g/mol. The van der Waals surface area contributed by atoms with E-state index in [1.807, 2.05) is 23.7 Å². The maximum absolute atomic E-state index is 11.2. The lowest BCUT2D eigenvalue weighted by Crippen LogP contribution is -2.34. The fraction of sp³-hybridized carbons (Fsp3) is 0.350. The lowest BCUT2D eigenvalue weighted by Gasteiger charge is -2.30. The second-order valence-electron chi connectivity index (χ2n) is 7.19. The number of aryl methyl sites for hydroxylation is 1. The number of benzene rings is 1. The van der Waals surface area contributed by atoms with Gasteiger partial charge in [-0.05, 0) is 25.1 Å². The zero-order valence-corrected chi connectivity index (χ0v) is 15.9. The van der Waals surface area contributed by atoms with E-state index >= 15 is 0 Å². The molecule has 0 unspecified atom stereocenters. The predicted octanol–water partition coefficient (Wildman–Crippen LogP) is 2.12. The van der Waals surface area contributed by atoms with Gasteiger partial charge < -0.3 is 19.7 Å². The van der Waals surface area contributed by atoms with Gasteiger partial charge in [-0.15, -0.1) is 0 Å². The Bertz CT molecular complexity index is 1090. The molecule has 144 valence electrons. The second kappa shape index (κ2) is 6.40. The summed E-state index contributed by atoms with van der Waals surface area (Å²) >= 11 is 0. The Labute approximate surface area is 162 Å². The van der Waals surface area contributed by atoms with Gasteiger partial charge in [0, 0.05) is 36.3 Å². The number of pyridine rings is 1. The highest BCUT2D eigenvalue weighted by atomic mass is 16.7. The lowest BCUT2D eigenvalue weighted by atomic mass is 10.1. The van der Waals surface area contributed by atoms with Crippen LogP contribution in [0, 0.1) is 6.92 Å².